The van der Waals surface area contributed by atoms with Crippen molar-refractivity contribution in [1.82, 2.24) is 0 Å². The molecule has 4 aromatic carbocycles. The number of hydrogen-bond acceptors (Lipinski definition) is 7. The summed E-state index contributed by atoms with van der Waals surface area (Å²) in [6, 6.07) is 35.4. The fraction of sp³-hybridized carbons (Fsp3) is 0.659. The van der Waals surface area contributed by atoms with Gasteiger partial charge in [-0.25, -0.2) is 4.79 Å². The minimum atomic E-state index is -1.59. The Morgan fingerprint density at radius 2 is 1.51 bits per heavy atom. The molecule has 16 rings (SSSR count). The van der Waals surface area contributed by atoms with Gasteiger partial charge in [-0.15, -0.1) is 0 Å². The zero-order chi connectivity index (χ0) is 60.7. The lowest BCUT2D eigenvalue weighted by atomic mass is 9.36. The van der Waals surface area contributed by atoms with Crippen molar-refractivity contribution in [2.24, 2.45) is 74.4 Å². The summed E-state index contributed by atoms with van der Waals surface area (Å²) in [5.74, 6) is 0.205. The van der Waals surface area contributed by atoms with Gasteiger partial charge in [-0.1, -0.05) is 169 Å². The summed E-state index contributed by atoms with van der Waals surface area (Å²) in [6.45, 7) is 7.17. The Labute approximate surface area is 532 Å². The van der Waals surface area contributed by atoms with Crippen LogP contribution in [0.25, 0.3) is 10.8 Å². The fourth-order valence-electron chi connectivity index (χ4n) is 26.1. The molecule has 3 spiro atoms. The summed E-state index contributed by atoms with van der Waals surface area (Å²) in [5.41, 5.74) is 6.14. The molecule has 7 heteroatoms. The highest BCUT2D eigenvalue weighted by Crippen LogP contribution is 2.83. The first-order valence-electron chi connectivity index (χ1n) is 36.6. The summed E-state index contributed by atoms with van der Waals surface area (Å²) in [7, 11) is 0. The predicted octanol–water partition coefficient (Wildman–Crippen LogP) is 17.7. The molecule has 2 heterocycles. The number of fused-ring (bicyclic) bond motifs is 5. The summed E-state index contributed by atoms with van der Waals surface area (Å²) < 4.78 is 12.9. The first kappa shape index (κ1) is 59.5. The molecule has 20 unspecified atom stereocenters. The van der Waals surface area contributed by atoms with Crippen LogP contribution in [0.4, 0.5) is 0 Å². The van der Waals surface area contributed by atoms with Gasteiger partial charge in [-0.2, -0.15) is 0 Å². The maximum absolute atomic E-state index is 15.5. The Balaban J connectivity index is 0.849. The van der Waals surface area contributed by atoms with Crippen molar-refractivity contribution >= 4 is 22.7 Å². The van der Waals surface area contributed by atoms with Gasteiger partial charge in [0.25, 0.3) is 0 Å². The summed E-state index contributed by atoms with van der Waals surface area (Å²) in [4.78, 5) is 28.3. The van der Waals surface area contributed by atoms with Gasteiger partial charge in [0.2, 0.25) is 0 Å². The Hall–Kier alpha value is -4.56. The van der Waals surface area contributed by atoms with E-state index in [0.717, 1.165) is 76.2 Å². The Morgan fingerprint density at radius 3 is 2.31 bits per heavy atom. The molecule has 0 amide bonds. The third-order valence-electron chi connectivity index (χ3n) is 29.7. The van der Waals surface area contributed by atoms with Crippen molar-refractivity contribution in [2.45, 2.75) is 254 Å². The normalized spacial score (nSPS) is 42.8. The molecule has 7 nitrogen and oxygen atoms in total. The van der Waals surface area contributed by atoms with E-state index in [1.54, 1.807) is 33.7 Å². The molecule has 0 radical (unpaired) electrons. The van der Waals surface area contributed by atoms with Gasteiger partial charge in [0.1, 0.15) is 12.7 Å². The lowest BCUT2D eigenvalue weighted by molar-refractivity contribution is -0.331. The van der Waals surface area contributed by atoms with Crippen molar-refractivity contribution in [2.75, 3.05) is 6.61 Å². The van der Waals surface area contributed by atoms with Gasteiger partial charge in [0, 0.05) is 23.3 Å². The quantitative estimate of drug-likeness (QED) is 0.101. The second kappa shape index (κ2) is 22.3. The standard InChI is InChI=1S/C82H104O7/c1-52(18-16-21-54-19-6-4-7-20-54)44-58-30-29-56-22-10-11-26-61(56)75(86)89-67-45-53(2)81(87,41-33-55-46-69(84)88-49-55)82(74(58)85)68(83)35-39-76(3,73(67)82)60-34-40-80-51-78(43-42-77(50-78)36-14-15-37-77)66-48-79(59-24-8-5-9-25-59)38-13-12-28-64(79)63-32-31-57-23-17-27-62(65(80)47-60)70(57)71(63)72(66)80/h4-9,17,19-20,23-25,27,29-32,46,52-53,56,58,60-61,64-68,72-74,83,85,87H,10-16,18,21-22,26,28,33-45,47-51H2,1-3H3. The van der Waals surface area contributed by atoms with Crippen LogP contribution in [0.3, 0.4) is 0 Å². The average molecular weight is 1200 g/mol. The van der Waals surface area contributed by atoms with Crippen LogP contribution in [0.2, 0.25) is 0 Å². The van der Waals surface area contributed by atoms with Crippen LogP contribution in [0.1, 0.15) is 246 Å². The lowest BCUT2D eigenvalue weighted by Crippen LogP contribution is -2.77. The maximum atomic E-state index is 15.5. The van der Waals surface area contributed by atoms with Gasteiger partial charge >= 0.3 is 11.9 Å². The predicted molar refractivity (Wildman–Crippen MR) is 352 cm³/mol. The number of cyclic esters (lactones) is 1. The highest BCUT2D eigenvalue weighted by atomic mass is 16.5. The summed E-state index contributed by atoms with van der Waals surface area (Å²) in [5, 5.41) is 46.2. The first-order chi connectivity index (χ1) is 43.1. The number of carbonyl (C=O) groups excluding carboxylic acids is 2. The number of carbonyl (C=O) groups is 2. The van der Waals surface area contributed by atoms with Gasteiger partial charge in [-0.3, -0.25) is 4.79 Å². The zero-order valence-corrected chi connectivity index (χ0v) is 54.2. The molecule has 3 N–H and O–H groups in total. The monoisotopic (exact) mass is 1200 g/mol. The van der Waals surface area contributed by atoms with E-state index >= 15 is 4.79 Å². The fourth-order valence-corrected chi connectivity index (χ4v) is 26.1. The van der Waals surface area contributed by atoms with Gasteiger partial charge in [0.15, 0.2) is 0 Å². The molecule has 89 heavy (non-hydrogen) atoms. The van der Waals surface area contributed by atoms with E-state index in [-0.39, 0.29) is 70.8 Å². The Kier molecular flexibility index (Phi) is 14.9. The summed E-state index contributed by atoms with van der Waals surface area (Å²) >= 11 is 0. The first-order valence-corrected chi connectivity index (χ1v) is 36.6. The van der Waals surface area contributed by atoms with E-state index in [2.05, 4.69) is 124 Å². The molecule has 2 bridgehead atoms. The second-order valence-electron chi connectivity index (χ2n) is 33.5. The summed E-state index contributed by atoms with van der Waals surface area (Å²) in [6.07, 6.45) is 33.8. The van der Waals surface area contributed by atoms with Crippen molar-refractivity contribution in [3.63, 3.8) is 0 Å². The molecular formula is C82H104O7. The van der Waals surface area contributed by atoms with Gasteiger partial charge in [-0.05, 0) is 254 Å². The van der Waals surface area contributed by atoms with Crippen molar-refractivity contribution in [3.8, 4) is 0 Å². The number of aliphatic hydroxyl groups excluding tert-OH is 2. The second-order valence-corrected chi connectivity index (χ2v) is 33.5. The van der Waals surface area contributed by atoms with E-state index in [4.69, 9.17) is 9.47 Å². The molecule has 12 aliphatic rings. The van der Waals surface area contributed by atoms with Gasteiger partial charge < -0.3 is 24.8 Å². The van der Waals surface area contributed by atoms with Crippen LogP contribution in [0, 0.1) is 74.4 Å². The maximum Gasteiger partial charge on any atom is 0.331 e. The molecule has 0 aromatic heterocycles. The number of hydrogen-bond donors (Lipinski definition) is 3. The number of esters is 2. The number of aliphatic hydroxyl groups is 3. The lowest BCUT2D eigenvalue weighted by Gasteiger charge is -2.71. The zero-order valence-electron chi connectivity index (χ0n) is 54.2. The van der Waals surface area contributed by atoms with Gasteiger partial charge in [0.05, 0.1) is 29.1 Å². The number of allylic oxidation sites excluding steroid dienone is 1. The van der Waals surface area contributed by atoms with E-state index in [9.17, 15) is 20.1 Å². The van der Waals surface area contributed by atoms with Crippen LogP contribution >= 0.6 is 0 Å². The molecule has 4 aromatic rings. The van der Waals surface area contributed by atoms with Crippen LogP contribution in [0.15, 0.2) is 115 Å². The van der Waals surface area contributed by atoms with Crippen LogP contribution in [-0.4, -0.2) is 57.8 Å². The van der Waals surface area contributed by atoms with Crippen molar-refractivity contribution < 1.29 is 34.4 Å². The number of ether oxygens (including phenoxy) is 2. The number of benzene rings is 4. The SMILES string of the molecule is CC(CCCc1ccccc1)CC1C=CC2CCCCC2C(=O)OC2CC(C)C(O)(CCC3=CC(=O)OC3)C3(C(O)CCC(C)(C4CCC56CC7(CCC8(CCCC8)C7)C7CC8(c9ccccc9)CCCCC8c8ccc9cccc(c9c8C75)C6C4)C23)C1O. The van der Waals surface area contributed by atoms with E-state index in [0.29, 0.717) is 54.8 Å². The molecule has 474 valence electrons. The molecule has 8 saturated carbocycles. The highest BCUT2D eigenvalue weighted by Gasteiger charge is 2.77. The van der Waals surface area contributed by atoms with Crippen LogP contribution < -0.4 is 0 Å². The minimum Gasteiger partial charge on any atom is -0.462 e. The minimum absolute atomic E-state index is 0.000616. The molecule has 0 saturated heterocycles. The highest BCUT2D eigenvalue weighted by molar-refractivity contribution is 5.93. The smallest absolute Gasteiger partial charge is 0.331 e. The van der Waals surface area contributed by atoms with Crippen LogP contribution in [-0.2, 0) is 30.9 Å². The number of aryl methyl sites for hydroxylation is 1. The molecule has 2 aliphatic heterocycles. The molecule has 10 aliphatic carbocycles. The van der Waals surface area contributed by atoms with Crippen LogP contribution in [0.5, 0.6) is 0 Å². The Morgan fingerprint density at radius 1 is 0.719 bits per heavy atom. The average Bonchev–Trinajstić information content (AvgIpc) is 1.63. The number of rotatable bonds is 11. The van der Waals surface area contributed by atoms with E-state index in [1.807, 2.05) is 0 Å². The largest absolute Gasteiger partial charge is 0.462 e. The third-order valence-corrected chi connectivity index (χ3v) is 29.7. The van der Waals surface area contributed by atoms with E-state index in [1.165, 1.54) is 94.4 Å². The molecule has 20 atom stereocenters. The molecule has 8 fully saturated rings. The van der Waals surface area contributed by atoms with Crippen molar-refractivity contribution in [1.29, 1.82) is 0 Å². The Bertz CT molecular complexity index is 3400. The van der Waals surface area contributed by atoms with E-state index < -0.39 is 46.6 Å². The van der Waals surface area contributed by atoms with Crippen molar-refractivity contribution in [3.05, 3.63) is 143 Å². The third kappa shape index (κ3) is 9.04. The molecular weight excluding hydrogens is 1100 g/mol. The topological polar surface area (TPSA) is 113 Å².